The molecule has 9 nitrogen and oxygen atoms in total. The Bertz CT molecular complexity index is 1240. The van der Waals surface area contributed by atoms with Crippen molar-refractivity contribution in [3.05, 3.63) is 81.2 Å². The SMILES string of the molecule is C=CCCC(=O)N(Cc1ccccc1F)C1CC(C(=O)NCCO)=CC(Oc2c(I)cc(CO)cc2OC)C1O. The van der Waals surface area contributed by atoms with Crippen LogP contribution in [0, 0.1) is 9.39 Å². The van der Waals surface area contributed by atoms with E-state index in [1.165, 1.54) is 24.2 Å². The highest BCUT2D eigenvalue weighted by Gasteiger charge is 2.41. The summed E-state index contributed by atoms with van der Waals surface area (Å²) in [6, 6.07) is 8.42. The maximum absolute atomic E-state index is 14.7. The number of nitrogens with zero attached hydrogens (tertiary/aromatic N) is 1. The Hall–Kier alpha value is -3.00. The first-order valence-electron chi connectivity index (χ1n) is 12.8. The average molecular weight is 669 g/mol. The van der Waals surface area contributed by atoms with Crippen molar-refractivity contribution in [3.8, 4) is 11.5 Å². The van der Waals surface area contributed by atoms with Crippen molar-refractivity contribution in [2.75, 3.05) is 20.3 Å². The maximum atomic E-state index is 14.7. The smallest absolute Gasteiger partial charge is 0.247 e. The molecule has 3 atom stereocenters. The number of ether oxygens (including phenoxy) is 2. The zero-order chi connectivity index (χ0) is 29.2. The fourth-order valence-electron chi connectivity index (χ4n) is 4.46. The second-order valence-electron chi connectivity index (χ2n) is 9.22. The predicted molar refractivity (Wildman–Crippen MR) is 155 cm³/mol. The molecule has 4 N–H and O–H groups in total. The summed E-state index contributed by atoms with van der Waals surface area (Å²) < 4.78 is 26.9. The van der Waals surface area contributed by atoms with Crippen molar-refractivity contribution >= 4 is 34.4 Å². The van der Waals surface area contributed by atoms with Gasteiger partial charge in [-0.25, -0.2) is 4.39 Å². The molecule has 2 aromatic rings. The van der Waals surface area contributed by atoms with Gasteiger partial charge < -0.3 is 35.0 Å². The number of aliphatic hydroxyl groups excluding tert-OH is 3. The lowest BCUT2D eigenvalue weighted by atomic mass is 9.87. The molecule has 40 heavy (non-hydrogen) atoms. The molecule has 1 aliphatic rings. The molecule has 0 spiro atoms. The molecule has 216 valence electrons. The molecule has 0 bridgehead atoms. The van der Waals surface area contributed by atoms with Crippen LogP contribution in [0.4, 0.5) is 4.39 Å². The molecule has 2 aromatic carbocycles. The molecule has 1 aliphatic carbocycles. The fraction of sp³-hybridized carbons (Fsp3) is 0.379. The largest absolute Gasteiger partial charge is 0.493 e. The van der Waals surface area contributed by atoms with E-state index in [-0.39, 0.29) is 61.9 Å². The van der Waals surface area contributed by atoms with Crippen LogP contribution in [0.2, 0.25) is 0 Å². The van der Waals surface area contributed by atoms with Crippen LogP contribution in [0.25, 0.3) is 0 Å². The molecule has 0 saturated carbocycles. The van der Waals surface area contributed by atoms with E-state index in [0.29, 0.717) is 21.3 Å². The average Bonchev–Trinajstić information content (AvgIpc) is 2.96. The number of methoxy groups -OCH3 is 1. The first kappa shape index (κ1) is 31.5. The number of amides is 2. The van der Waals surface area contributed by atoms with Gasteiger partial charge in [-0.3, -0.25) is 9.59 Å². The van der Waals surface area contributed by atoms with Gasteiger partial charge in [0, 0.05) is 37.1 Å². The minimum atomic E-state index is -1.30. The summed E-state index contributed by atoms with van der Waals surface area (Å²) in [6.45, 7) is 3.07. The normalized spacial score (nSPS) is 18.4. The number of aliphatic hydroxyl groups is 3. The molecular weight excluding hydrogens is 634 g/mol. The zero-order valence-electron chi connectivity index (χ0n) is 22.2. The lowest BCUT2D eigenvalue weighted by molar-refractivity contribution is -0.139. The summed E-state index contributed by atoms with van der Waals surface area (Å²) in [5, 5.41) is 32.9. The predicted octanol–water partition coefficient (Wildman–Crippen LogP) is 2.84. The molecule has 0 aliphatic heterocycles. The zero-order valence-corrected chi connectivity index (χ0v) is 24.3. The van der Waals surface area contributed by atoms with Gasteiger partial charge in [0.25, 0.3) is 0 Å². The van der Waals surface area contributed by atoms with Crippen LogP contribution in [0.15, 0.2) is 60.7 Å². The summed E-state index contributed by atoms with van der Waals surface area (Å²) in [5.41, 5.74) is 1.10. The molecule has 0 heterocycles. The lowest BCUT2D eigenvalue weighted by Crippen LogP contribution is -2.54. The fourth-order valence-corrected chi connectivity index (χ4v) is 5.26. The van der Waals surface area contributed by atoms with Crippen LogP contribution in [0.5, 0.6) is 11.5 Å². The Kier molecular flexibility index (Phi) is 11.9. The van der Waals surface area contributed by atoms with E-state index in [9.17, 15) is 29.3 Å². The molecule has 0 saturated heterocycles. The number of carbonyl (C=O) groups excluding carboxylic acids is 2. The minimum absolute atomic E-state index is 0.0144. The Balaban J connectivity index is 2.05. The van der Waals surface area contributed by atoms with Gasteiger partial charge in [-0.1, -0.05) is 24.3 Å². The Morgan fingerprint density at radius 3 is 2.67 bits per heavy atom. The summed E-state index contributed by atoms with van der Waals surface area (Å²) in [4.78, 5) is 27.8. The van der Waals surface area contributed by atoms with E-state index in [2.05, 4.69) is 11.9 Å². The van der Waals surface area contributed by atoms with Gasteiger partial charge >= 0.3 is 0 Å². The Labute approximate surface area is 246 Å². The van der Waals surface area contributed by atoms with Gasteiger partial charge in [-0.05, 0) is 58.9 Å². The third-order valence-corrected chi connectivity index (χ3v) is 7.32. The highest BCUT2D eigenvalue weighted by atomic mass is 127. The van der Waals surface area contributed by atoms with Crippen molar-refractivity contribution < 1.29 is 38.8 Å². The third-order valence-electron chi connectivity index (χ3n) is 6.52. The van der Waals surface area contributed by atoms with Crippen LogP contribution in [0.3, 0.4) is 0 Å². The summed E-state index contributed by atoms with van der Waals surface area (Å²) >= 11 is 2.02. The molecule has 0 radical (unpaired) electrons. The first-order valence-corrected chi connectivity index (χ1v) is 13.9. The van der Waals surface area contributed by atoms with Crippen LogP contribution in [-0.2, 0) is 22.7 Å². The molecule has 0 aromatic heterocycles. The summed E-state index contributed by atoms with van der Waals surface area (Å²) in [6.07, 6.45) is 1.13. The number of carbonyl (C=O) groups is 2. The molecule has 11 heteroatoms. The van der Waals surface area contributed by atoms with E-state index in [4.69, 9.17) is 9.47 Å². The number of allylic oxidation sites excluding steroid dienone is 1. The van der Waals surface area contributed by atoms with Crippen LogP contribution in [-0.4, -0.2) is 70.5 Å². The highest BCUT2D eigenvalue weighted by Crippen LogP contribution is 2.37. The number of benzene rings is 2. The first-order chi connectivity index (χ1) is 19.2. The molecular formula is C29H34FIN2O7. The van der Waals surface area contributed by atoms with E-state index in [1.807, 2.05) is 22.6 Å². The second-order valence-corrected chi connectivity index (χ2v) is 10.4. The number of rotatable bonds is 13. The standard InChI is InChI=1S/C29H34FIN2O7/c1-3-4-9-26(36)33(16-19-7-5-6-8-21(19)30)23-14-20(29(38)32-10-11-34)15-24(27(23)37)40-28-22(31)12-18(17-35)13-25(28)39-2/h3,5-8,12-13,15,23-24,27,34-35,37H,1,4,9-11,14,16-17H2,2H3,(H,32,38). The van der Waals surface area contributed by atoms with Gasteiger partial charge in [-0.15, -0.1) is 6.58 Å². The van der Waals surface area contributed by atoms with Crippen molar-refractivity contribution in [2.24, 2.45) is 0 Å². The van der Waals surface area contributed by atoms with Crippen molar-refractivity contribution in [3.63, 3.8) is 0 Å². The van der Waals surface area contributed by atoms with Crippen LogP contribution < -0.4 is 14.8 Å². The van der Waals surface area contributed by atoms with Crippen molar-refractivity contribution in [1.82, 2.24) is 10.2 Å². The van der Waals surface area contributed by atoms with Crippen molar-refractivity contribution in [1.29, 1.82) is 0 Å². The maximum Gasteiger partial charge on any atom is 0.247 e. The second kappa shape index (κ2) is 15.1. The molecule has 3 unspecified atom stereocenters. The molecule has 3 rings (SSSR count). The summed E-state index contributed by atoms with van der Waals surface area (Å²) in [5.74, 6) is -0.726. The van der Waals surface area contributed by atoms with Crippen LogP contribution in [0.1, 0.15) is 30.4 Å². The quantitative estimate of drug-likeness (QED) is 0.191. The molecule has 0 fully saturated rings. The van der Waals surface area contributed by atoms with Gasteiger partial charge in [0.2, 0.25) is 11.8 Å². The number of hydrogen-bond acceptors (Lipinski definition) is 7. The van der Waals surface area contributed by atoms with E-state index < -0.39 is 30.0 Å². The monoisotopic (exact) mass is 668 g/mol. The summed E-state index contributed by atoms with van der Waals surface area (Å²) in [7, 11) is 1.44. The topological polar surface area (TPSA) is 129 Å². The Morgan fingerprint density at radius 1 is 1.27 bits per heavy atom. The third kappa shape index (κ3) is 7.80. The van der Waals surface area contributed by atoms with E-state index >= 15 is 0 Å². The lowest BCUT2D eigenvalue weighted by Gasteiger charge is -2.41. The minimum Gasteiger partial charge on any atom is -0.493 e. The molecule has 2 amide bonds. The van der Waals surface area contributed by atoms with Gasteiger partial charge in [0.15, 0.2) is 11.5 Å². The van der Waals surface area contributed by atoms with Crippen molar-refractivity contribution in [2.45, 2.75) is 50.7 Å². The van der Waals surface area contributed by atoms with Gasteiger partial charge in [-0.2, -0.15) is 0 Å². The van der Waals surface area contributed by atoms with Gasteiger partial charge in [0.05, 0.1) is 29.9 Å². The van der Waals surface area contributed by atoms with E-state index in [1.54, 1.807) is 36.4 Å². The Morgan fingerprint density at radius 2 is 2.02 bits per heavy atom. The van der Waals surface area contributed by atoms with Gasteiger partial charge in [0.1, 0.15) is 18.0 Å². The number of hydrogen-bond donors (Lipinski definition) is 4. The highest BCUT2D eigenvalue weighted by molar-refractivity contribution is 14.1. The number of halogens is 2. The van der Waals surface area contributed by atoms with Crippen LogP contribution >= 0.6 is 22.6 Å². The number of nitrogens with one attached hydrogen (secondary N) is 1. The van der Waals surface area contributed by atoms with E-state index in [0.717, 1.165) is 0 Å².